The smallest absolute Gasteiger partial charge is 0.230 e. The van der Waals surface area contributed by atoms with E-state index in [0.29, 0.717) is 22.9 Å². The van der Waals surface area contributed by atoms with Gasteiger partial charge in [0.1, 0.15) is 11.9 Å². The number of hydrogen-bond acceptors (Lipinski definition) is 5. The molecule has 0 radical (unpaired) electrons. The van der Waals surface area contributed by atoms with Gasteiger partial charge < -0.3 is 10.2 Å². The van der Waals surface area contributed by atoms with Crippen molar-refractivity contribution in [2.24, 2.45) is 0 Å². The fourth-order valence-electron chi connectivity index (χ4n) is 2.99. The summed E-state index contributed by atoms with van der Waals surface area (Å²) in [6, 6.07) is 13.8. The van der Waals surface area contributed by atoms with Crippen LogP contribution in [0.3, 0.4) is 0 Å². The molecule has 1 N–H and O–H groups in total. The summed E-state index contributed by atoms with van der Waals surface area (Å²) in [4.78, 5) is 22.3. The zero-order chi connectivity index (χ0) is 22.2. The lowest BCUT2D eigenvalue weighted by molar-refractivity contribution is -0.115. The molecule has 31 heavy (non-hydrogen) atoms. The van der Waals surface area contributed by atoms with E-state index in [0.717, 1.165) is 24.1 Å². The zero-order valence-electron chi connectivity index (χ0n) is 17.0. The van der Waals surface area contributed by atoms with Gasteiger partial charge in [-0.25, -0.2) is 9.37 Å². The Labute approximate surface area is 185 Å². The molecule has 0 aliphatic carbocycles. The molecular formula is C23H21ClFN5O. The fourth-order valence-corrected chi connectivity index (χ4v) is 3.27. The summed E-state index contributed by atoms with van der Waals surface area (Å²) in [6.07, 6.45) is 3.54. The largest absolute Gasteiger partial charge is 0.326 e. The Hall–Kier alpha value is -3.34. The average molecular weight is 438 g/mol. The van der Waals surface area contributed by atoms with Crippen molar-refractivity contribution in [1.82, 2.24) is 14.9 Å². The predicted octanol–water partition coefficient (Wildman–Crippen LogP) is 4.00. The summed E-state index contributed by atoms with van der Waals surface area (Å²) in [5.74, 6) is -0.489. The van der Waals surface area contributed by atoms with Crippen molar-refractivity contribution in [3.63, 3.8) is 0 Å². The van der Waals surface area contributed by atoms with Crippen LogP contribution in [0.2, 0.25) is 5.02 Å². The first kappa shape index (κ1) is 22.3. The summed E-state index contributed by atoms with van der Waals surface area (Å²) < 4.78 is 13.0. The number of nitrogens with one attached hydrogen (secondary N) is 1. The molecule has 8 heteroatoms. The molecule has 0 fully saturated rings. The summed E-state index contributed by atoms with van der Waals surface area (Å²) in [5, 5.41) is 12.1. The van der Waals surface area contributed by atoms with Gasteiger partial charge in [-0.05, 0) is 48.9 Å². The third-order valence-electron chi connectivity index (χ3n) is 4.63. The number of hydrogen-bond donors (Lipinski definition) is 1. The van der Waals surface area contributed by atoms with Gasteiger partial charge in [-0.1, -0.05) is 29.8 Å². The first-order valence-electron chi connectivity index (χ1n) is 9.65. The van der Waals surface area contributed by atoms with Gasteiger partial charge in [-0.2, -0.15) is 5.26 Å². The van der Waals surface area contributed by atoms with E-state index in [2.05, 4.69) is 20.2 Å². The zero-order valence-corrected chi connectivity index (χ0v) is 17.7. The highest BCUT2D eigenvalue weighted by atomic mass is 35.5. The first-order valence-corrected chi connectivity index (χ1v) is 10.0. The molecule has 3 rings (SSSR count). The second-order valence-corrected chi connectivity index (χ2v) is 7.56. The summed E-state index contributed by atoms with van der Waals surface area (Å²) >= 11 is 6.40. The number of nitriles is 1. The highest BCUT2D eigenvalue weighted by Crippen LogP contribution is 2.22. The normalized spacial score (nSPS) is 10.7. The Balaban J connectivity index is 1.51. The standard InChI is InChI=1S/C23H21ClFN5O/c1-30(15-16-2-5-18(25)6-3-16)9-8-17-4-7-19(10-22(17)24)29-23(31)11-20-13-28-21(12-26)14-27-20/h2-7,10,13-14H,8-9,11,15H2,1H3,(H,29,31). The minimum absolute atomic E-state index is 0.0479. The van der Waals surface area contributed by atoms with Gasteiger partial charge in [0.2, 0.25) is 5.91 Å². The molecule has 2 aromatic carbocycles. The highest BCUT2D eigenvalue weighted by molar-refractivity contribution is 6.31. The van der Waals surface area contributed by atoms with Crippen LogP contribution >= 0.6 is 11.6 Å². The fraction of sp³-hybridized carbons (Fsp3) is 0.217. The monoisotopic (exact) mass is 437 g/mol. The van der Waals surface area contributed by atoms with Gasteiger partial charge in [0.15, 0.2) is 5.69 Å². The molecule has 1 heterocycles. The Bertz CT molecular complexity index is 1080. The van der Waals surface area contributed by atoms with E-state index in [4.69, 9.17) is 16.9 Å². The molecule has 0 saturated heterocycles. The first-order chi connectivity index (χ1) is 14.9. The van der Waals surface area contributed by atoms with Gasteiger partial charge in [0, 0.05) is 23.8 Å². The van der Waals surface area contributed by atoms with Crippen molar-refractivity contribution in [3.8, 4) is 6.07 Å². The van der Waals surface area contributed by atoms with Crippen LogP contribution in [0.5, 0.6) is 0 Å². The molecule has 0 saturated carbocycles. The number of likely N-dealkylation sites (N-methyl/N-ethyl adjacent to an activating group) is 1. The van der Waals surface area contributed by atoms with Crippen LogP contribution in [0.4, 0.5) is 10.1 Å². The predicted molar refractivity (Wildman–Crippen MR) is 117 cm³/mol. The quantitative estimate of drug-likeness (QED) is 0.576. The van der Waals surface area contributed by atoms with Gasteiger partial charge in [-0.15, -0.1) is 0 Å². The molecule has 0 aliphatic heterocycles. The van der Waals surface area contributed by atoms with E-state index in [9.17, 15) is 9.18 Å². The van der Waals surface area contributed by atoms with Crippen molar-refractivity contribution in [2.75, 3.05) is 18.9 Å². The van der Waals surface area contributed by atoms with E-state index in [-0.39, 0.29) is 23.8 Å². The molecule has 3 aromatic rings. The molecule has 0 unspecified atom stereocenters. The third-order valence-corrected chi connectivity index (χ3v) is 4.98. The second-order valence-electron chi connectivity index (χ2n) is 7.15. The summed E-state index contributed by atoms with van der Waals surface area (Å²) in [7, 11) is 2.00. The van der Waals surface area contributed by atoms with E-state index in [1.807, 2.05) is 25.2 Å². The van der Waals surface area contributed by atoms with Crippen molar-refractivity contribution in [1.29, 1.82) is 5.26 Å². The Morgan fingerprint density at radius 3 is 2.61 bits per heavy atom. The van der Waals surface area contributed by atoms with E-state index in [1.54, 1.807) is 18.2 Å². The van der Waals surface area contributed by atoms with Crippen LogP contribution in [-0.2, 0) is 24.2 Å². The Morgan fingerprint density at radius 1 is 1.19 bits per heavy atom. The minimum Gasteiger partial charge on any atom is -0.326 e. The number of benzene rings is 2. The molecular weight excluding hydrogens is 417 g/mol. The van der Waals surface area contributed by atoms with Crippen LogP contribution in [0.15, 0.2) is 54.9 Å². The number of anilines is 1. The maximum Gasteiger partial charge on any atom is 0.230 e. The molecule has 6 nitrogen and oxygen atoms in total. The minimum atomic E-state index is -0.248. The average Bonchev–Trinajstić information content (AvgIpc) is 2.75. The van der Waals surface area contributed by atoms with E-state index >= 15 is 0 Å². The molecule has 1 amide bonds. The SMILES string of the molecule is CN(CCc1ccc(NC(=O)Cc2cnc(C#N)cn2)cc1Cl)Cc1ccc(F)cc1. The molecule has 0 aliphatic rings. The molecule has 158 valence electrons. The number of halogens is 2. The van der Waals surface area contributed by atoms with E-state index < -0.39 is 0 Å². The number of aromatic nitrogens is 2. The van der Waals surface area contributed by atoms with Crippen LogP contribution in [-0.4, -0.2) is 34.4 Å². The summed E-state index contributed by atoms with van der Waals surface area (Å²) in [5.41, 5.74) is 3.29. The molecule has 1 aromatic heterocycles. The lowest BCUT2D eigenvalue weighted by atomic mass is 10.1. The van der Waals surface area contributed by atoms with Gasteiger partial charge in [0.05, 0.1) is 24.5 Å². The van der Waals surface area contributed by atoms with Crippen molar-refractivity contribution >= 4 is 23.2 Å². The van der Waals surface area contributed by atoms with Crippen LogP contribution < -0.4 is 5.32 Å². The maximum absolute atomic E-state index is 13.0. The van der Waals surface area contributed by atoms with Gasteiger partial charge in [-0.3, -0.25) is 9.78 Å². The second kappa shape index (κ2) is 10.6. The van der Waals surface area contributed by atoms with Crippen LogP contribution in [0.1, 0.15) is 22.5 Å². The topological polar surface area (TPSA) is 81.9 Å². The lowest BCUT2D eigenvalue weighted by Crippen LogP contribution is -2.21. The molecule has 0 bridgehead atoms. The maximum atomic E-state index is 13.0. The van der Waals surface area contributed by atoms with Crippen LogP contribution in [0, 0.1) is 17.1 Å². The summed E-state index contributed by atoms with van der Waals surface area (Å²) in [6.45, 7) is 1.49. The van der Waals surface area contributed by atoms with Crippen molar-refractivity contribution in [2.45, 2.75) is 19.4 Å². The van der Waals surface area contributed by atoms with E-state index in [1.165, 1.54) is 24.5 Å². The van der Waals surface area contributed by atoms with Gasteiger partial charge >= 0.3 is 0 Å². The molecule has 0 atom stereocenters. The van der Waals surface area contributed by atoms with Gasteiger partial charge in [0.25, 0.3) is 0 Å². The third kappa shape index (κ3) is 6.85. The Morgan fingerprint density at radius 2 is 1.97 bits per heavy atom. The van der Waals surface area contributed by atoms with Crippen molar-refractivity contribution < 1.29 is 9.18 Å². The number of amides is 1. The number of nitrogens with zero attached hydrogens (tertiary/aromatic N) is 4. The highest BCUT2D eigenvalue weighted by Gasteiger charge is 2.09. The van der Waals surface area contributed by atoms with Crippen molar-refractivity contribution in [3.05, 3.63) is 88.2 Å². The van der Waals surface area contributed by atoms with Crippen LogP contribution in [0.25, 0.3) is 0 Å². The Kier molecular flexibility index (Phi) is 7.65. The number of carbonyl (C=O) groups excluding carboxylic acids is 1. The number of rotatable bonds is 8. The number of carbonyl (C=O) groups is 1. The molecule has 0 spiro atoms. The lowest BCUT2D eigenvalue weighted by Gasteiger charge is -2.17.